The number of hydrogen-bond donors (Lipinski definition) is 2. The SMILES string of the molecule is CCCCN(C)N=Nc1ccc(CCCC(=O)NN)cc1. The Morgan fingerprint density at radius 1 is 1.29 bits per heavy atom. The number of hydrazine groups is 1. The van der Waals surface area contributed by atoms with Crippen molar-refractivity contribution in [3.05, 3.63) is 29.8 Å². The number of carbonyl (C=O) groups excluding carboxylic acids is 1. The summed E-state index contributed by atoms with van der Waals surface area (Å²) >= 11 is 0. The normalized spacial score (nSPS) is 10.8. The molecule has 1 aromatic rings. The maximum absolute atomic E-state index is 11.0. The Labute approximate surface area is 126 Å². The number of carbonyl (C=O) groups is 1. The molecule has 116 valence electrons. The zero-order valence-electron chi connectivity index (χ0n) is 12.9. The predicted octanol–water partition coefficient (Wildman–Crippen LogP) is 2.73. The highest BCUT2D eigenvalue weighted by molar-refractivity contribution is 5.75. The molecule has 0 saturated carbocycles. The highest BCUT2D eigenvalue weighted by atomic mass is 16.2. The van der Waals surface area contributed by atoms with Crippen molar-refractivity contribution in [1.29, 1.82) is 0 Å². The van der Waals surface area contributed by atoms with E-state index >= 15 is 0 Å². The van der Waals surface area contributed by atoms with Crippen molar-refractivity contribution < 1.29 is 4.79 Å². The Bertz CT molecular complexity index is 444. The highest BCUT2D eigenvalue weighted by Gasteiger charge is 1.99. The summed E-state index contributed by atoms with van der Waals surface area (Å²) in [5.74, 6) is 4.90. The first-order valence-electron chi connectivity index (χ1n) is 7.37. The van der Waals surface area contributed by atoms with E-state index in [1.54, 1.807) is 0 Å². The van der Waals surface area contributed by atoms with Crippen LogP contribution in [-0.4, -0.2) is 24.5 Å². The number of unbranched alkanes of at least 4 members (excludes halogenated alkanes) is 1. The molecule has 0 aliphatic heterocycles. The lowest BCUT2D eigenvalue weighted by atomic mass is 10.1. The monoisotopic (exact) mass is 291 g/mol. The summed E-state index contributed by atoms with van der Waals surface area (Å²) in [6.07, 6.45) is 4.34. The number of nitrogens with two attached hydrogens (primary N) is 1. The number of aryl methyl sites for hydroxylation is 1. The van der Waals surface area contributed by atoms with Gasteiger partial charge < -0.3 is 0 Å². The van der Waals surface area contributed by atoms with Crippen LogP contribution in [0.25, 0.3) is 0 Å². The number of rotatable bonds is 9. The molecule has 0 aliphatic rings. The summed E-state index contributed by atoms with van der Waals surface area (Å²) in [6.45, 7) is 3.07. The highest BCUT2D eigenvalue weighted by Crippen LogP contribution is 2.15. The van der Waals surface area contributed by atoms with Crippen LogP contribution in [0.15, 0.2) is 34.6 Å². The first-order chi connectivity index (χ1) is 10.2. The zero-order valence-corrected chi connectivity index (χ0v) is 12.9. The van der Waals surface area contributed by atoms with E-state index in [-0.39, 0.29) is 5.91 Å². The van der Waals surface area contributed by atoms with Crippen LogP contribution in [0.3, 0.4) is 0 Å². The van der Waals surface area contributed by atoms with Crippen molar-refractivity contribution in [2.24, 2.45) is 16.2 Å². The third-order valence-corrected chi connectivity index (χ3v) is 3.11. The molecular formula is C15H25N5O. The van der Waals surface area contributed by atoms with Gasteiger partial charge in [0.1, 0.15) is 0 Å². The summed E-state index contributed by atoms with van der Waals surface area (Å²) in [5.41, 5.74) is 4.14. The number of nitrogens with zero attached hydrogens (tertiary/aromatic N) is 3. The lowest BCUT2D eigenvalue weighted by Gasteiger charge is -2.09. The molecule has 1 amide bonds. The molecule has 0 fully saturated rings. The standard InChI is InChI=1S/C15H25N5O/c1-3-4-12-20(2)19-18-14-10-8-13(9-11-14)6-5-7-15(21)17-16/h8-11H,3-7,12,16H2,1-2H3,(H,17,21). The fourth-order valence-corrected chi connectivity index (χ4v) is 1.81. The van der Waals surface area contributed by atoms with Crippen LogP contribution >= 0.6 is 0 Å². The summed E-state index contributed by atoms with van der Waals surface area (Å²) in [7, 11) is 1.93. The second kappa shape index (κ2) is 9.88. The van der Waals surface area contributed by atoms with E-state index < -0.39 is 0 Å². The average Bonchev–Trinajstić information content (AvgIpc) is 2.51. The molecule has 0 saturated heterocycles. The molecule has 0 heterocycles. The number of benzene rings is 1. The van der Waals surface area contributed by atoms with Gasteiger partial charge in [0.15, 0.2) is 0 Å². The van der Waals surface area contributed by atoms with Gasteiger partial charge >= 0.3 is 0 Å². The van der Waals surface area contributed by atoms with Gasteiger partial charge in [-0.2, -0.15) is 0 Å². The van der Waals surface area contributed by atoms with Gasteiger partial charge in [-0.05, 0) is 37.0 Å². The Morgan fingerprint density at radius 3 is 2.62 bits per heavy atom. The van der Waals surface area contributed by atoms with Gasteiger partial charge in [0.2, 0.25) is 5.91 Å². The van der Waals surface area contributed by atoms with E-state index in [0.717, 1.165) is 37.9 Å². The van der Waals surface area contributed by atoms with E-state index in [1.807, 2.05) is 36.3 Å². The lowest BCUT2D eigenvalue weighted by Crippen LogP contribution is -2.29. The zero-order chi connectivity index (χ0) is 15.5. The molecule has 1 aromatic carbocycles. The van der Waals surface area contributed by atoms with Crippen molar-refractivity contribution in [1.82, 2.24) is 10.4 Å². The Hall–Kier alpha value is -1.95. The van der Waals surface area contributed by atoms with Crippen molar-refractivity contribution in [2.45, 2.75) is 39.0 Å². The van der Waals surface area contributed by atoms with Crippen LogP contribution in [0, 0.1) is 0 Å². The molecule has 0 bridgehead atoms. The fourth-order valence-electron chi connectivity index (χ4n) is 1.81. The molecule has 0 spiro atoms. The minimum Gasteiger partial charge on any atom is -0.294 e. The number of hydrogen-bond acceptors (Lipinski definition) is 4. The van der Waals surface area contributed by atoms with Gasteiger partial charge in [0, 0.05) is 20.0 Å². The van der Waals surface area contributed by atoms with Crippen LogP contribution < -0.4 is 11.3 Å². The number of amides is 1. The van der Waals surface area contributed by atoms with Gasteiger partial charge in [0.05, 0.1) is 5.69 Å². The number of nitrogens with one attached hydrogen (secondary N) is 1. The average molecular weight is 291 g/mol. The maximum Gasteiger partial charge on any atom is 0.233 e. The van der Waals surface area contributed by atoms with E-state index in [0.29, 0.717) is 6.42 Å². The Morgan fingerprint density at radius 2 is 2.00 bits per heavy atom. The largest absolute Gasteiger partial charge is 0.294 e. The predicted molar refractivity (Wildman–Crippen MR) is 83.8 cm³/mol. The van der Waals surface area contributed by atoms with Crippen molar-refractivity contribution >= 4 is 11.6 Å². The summed E-state index contributed by atoms with van der Waals surface area (Å²) < 4.78 is 0. The molecule has 0 aromatic heterocycles. The first kappa shape index (κ1) is 17.1. The molecule has 1 rings (SSSR count). The smallest absolute Gasteiger partial charge is 0.233 e. The second-order valence-corrected chi connectivity index (χ2v) is 5.01. The van der Waals surface area contributed by atoms with Crippen molar-refractivity contribution in [3.8, 4) is 0 Å². The van der Waals surface area contributed by atoms with Gasteiger partial charge in [-0.1, -0.05) is 30.7 Å². The first-order valence-corrected chi connectivity index (χ1v) is 7.37. The minimum absolute atomic E-state index is 0.129. The van der Waals surface area contributed by atoms with Gasteiger partial charge in [0.25, 0.3) is 0 Å². The third kappa shape index (κ3) is 7.41. The summed E-state index contributed by atoms with van der Waals surface area (Å²) in [4.78, 5) is 11.0. The van der Waals surface area contributed by atoms with E-state index in [2.05, 4.69) is 22.7 Å². The minimum atomic E-state index is -0.129. The third-order valence-electron chi connectivity index (χ3n) is 3.11. The molecule has 21 heavy (non-hydrogen) atoms. The topological polar surface area (TPSA) is 83.1 Å². The van der Waals surface area contributed by atoms with Crippen LogP contribution in [0.1, 0.15) is 38.2 Å². The molecule has 0 atom stereocenters. The fraction of sp³-hybridized carbons (Fsp3) is 0.533. The van der Waals surface area contributed by atoms with Crippen LogP contribution in [0.4, 0.5) is 5.69 Å². The van der Waals surface area contributed by atoms with Gasteiger partial charge in [-0.15, -0.1) is 5.11 Å². The summed E-state index contributed by atoms with van der Waals surface area (Å²) in [6, 6.07) is 7.91. The molecule has 3 N–H and O–H groups in total. The van der Waals surface area contributed by atoms with E-state index in [9.17, 15) is 4.79 Å². The van der Waals surface area contributed by atoms with E-state index in [4.69, 9.17) is 5.84 Å². The van der Waals surface area contributed by atoms with Crippen LogP contribution in [0.2, 0.25) is 0 Å². The summed E-state index contributed by atoms with van der Waals surface area (Å²) in [5, 5.41) is 10.2. The molecule has 6 heteroatoms. The van der Waals surface area contributed by atoms with Gasteiger partial charge in [-0.25, -0.2) is 5.84 Å². The molecular weight excluding hydrogens is 266 g/mol. The van der Waals surface area contributed by atoms with Crippen molar-refractivity contribution in [2.75, 3.05) is 13.6 Å². The molecule has 0 unspecified atom stereocenters. The van der Waals surface area contributed by atoms with Gasteiger partial charge in [-0.3, -0.25) is 15.2 Å². The maximum atomic E-state index is 11.0. The molecule has 6 nitrogen and oxygen atoms in total. The lowest BCUT2D eigenvalue weighted by molar-refractivity contribution is -0.121. The molecule has 0 aliphatic carbocycles. The molecule has 0 radical (unpaired) electrons. The van der Waals surface area contributed by atoms with Crippen LogP contribution in [0.5, 0.6) is 0 Å². The quantitative estimate of drug-likeness (QED) is 0.317. The van der Waals surface area contributed by atoms with Crippen LogP contribution in [-0.2, 0) is 11.2 Å². The second-order valence-electron chi connectivity index (χ2n) is 5.01. The van der Waals surface area contributed by atoms with Crippen molar-refractivity contribution in [3.63, 3.8) is 0 Å². The Kier molecular flexibility index (Phi) is 8.04. The Balaban J connectivity index is 2.39. The van der Waals surface area contributed by atoms with E-state index in [1.165, 1.54) is 5.56 Å².